The molecule has 0 atom stereocenters. The van der Waals surface area contributed by atoms with E-state index in [1.165, 1.54) is 10.9 Å². The van der Waals surface area contributed by atoms with E-state index in [1.54, 1.807) is 0 Å². The summed E-state index contributed by atoms with van der Waals surface area (Å²) in [7, 11) is 0. The number of nitrogens with two attached hydrogens (primary N) is 1. The Morgan fingerprint density at radius 3 is 2.41 bits per heavy atom. The number of benzene rings is 1. The third-order valence-electron chi connectivity index (χ3n) is 1.85. The number of aliphatic carboxylic acids is 1. The number of aromatic amines is 1. The molecule has 0 bridgehead atoms. The normalized spacial score (nSPS) is 9.88. The Hall–Kier alpha value is -2.56. The first-order chi connectivity index (χ1) is 8.09. The van der Waals surface area contributed by atoms with Gasteiger partial charge in [0, 0.05) is 23.9 Å². The van der Waals surface area contributed by atoms with Crippen LogP contribution in [0.3, 0.4) is 0 Å². The highest BCUT2D eigenvalue weighted by Gasteiger charge is 1.87. The maximum atomic E-state index is 9.78. The average Bonchev–Trinajstić information content (AvgIpc) is 2.75. The van der Waals surface area contributed by atoms with Crippen molar-refractivity contribution in [1.82, 2.24) is 4.98 Å². The zero-order valence-corrected chi connectivity index (χ0v) is 8.96. The average molecular weight is 232 g/mol. The van der Waals surface area contributed by atoms with Crippen molar-refractivity contribution in [2.45, 2.75) is 0 Å². The van der Waals surface area contributed by atoms with Crippen LogP contribution in [0.15, 0.2) is 48.7 Å². The van der Waals surface area contributed by atoms with Gasteiger partial charge in [-0.05, 0) is 17.5 Å². The highest BCUT2D eigenvalue weighted by Crippen LogP contribution is 2.09. The largest absolute Gasteiger partial charge is 0.478 e. The molecule has 0 aliphatic rings. The molecule has 2 rings (SSSR count). The summed E-state index contributed by atoms with van der Waals surface area (Å²) in [6, 6.07) is 10.3. The van der Waals surface area contributed by atoms with E-state index < -0.39 is 11.9 Å². The molecule has 0 saturated heterocycles. The number of carbonyl (C=O) groups excluding carboxylic acids is 1. The first kappa shape index (κ1) is 12.5. The number of nitrogens with one attached hydrogen (secondary N) is 1. The number of hydrogen-bond acceptors (Lipinski definition) is 2. The van der Waals surface area contributed by atoms with E-state index in [1.807, 2.05) is 18.3 Å². The molecule has 0 radical (unpaired) electrons. The predicted molar refractivity (Wildman–Crippen MR) is 64.3 cm³/mol. The maximum Gasteiger partial charge on any atom is 0.328 e. The van der Waals surface area contributed by atoms with Gasteiger partial charge in [-0.1, -0.05) is 18.2 Å². The lowest BCUT2D eigenvalue weighted by Crippen LogP contribution is -2.06. The third kappa shape index (κ3) is 4.65. The molecule has 0 spiro atoms. The number of rotatable bonds is 2. The summed E-state index contributed by atoms with van der Waals surface area (Å²) >= 11 is 0. The van der Waals surface area contributed by atoms with Crippen molar-refractivity contribution < 1.29 is 14.7 Å². The highest BCUT2D eigenvalue weighted by atomic mass is 16.4. The van der Waals surface area contributed by atoms with Gasteiger partial charge in [-0.25, -0.2) is 4.79 Å². The van der Waals surface area contributed by atoms with Gasteiger partial charge in [0.05, 0.1) is 0 Å². The van der Waals surface area contributed by atoms with E-state index in [0.717, 1.165) is 6.08 Å². The fourth-order valence-electron chi connectivity index (χ4n) is 1.15. The van der Waals surface area contributed by atoms with Gasteiger partial charge >= 0.3 is 5.97 Å². The van der Waals surface area contributed by atoms with E-state index in [2.05, 4.69) is 28.9 Å². The van der Waals surface area contributed by atoms with Crippen molar-refractivity contribution in [2.75, 3.05) is 0 Å². The first-order valence-electron chi connectivity index (χ1n) is 4.82. The predicted octanol–water partition coefficient (Wildman–Crippen LogP) is 1.28. The molecule has 1 heterocycles. The molecule has 17 heavy (non-hydrogen) atoms. The molecule has 0 fully saturated rings. The van der Waals surface area contributed by atoms with Gasteiger partial charge in [0.2, 0.25) is 5.91 Å². The maximum absolute atomic E-state index is 9.78. The second-order valence-electron chi connectivity index (χ2n) is 3.14. The monoisotopic (exact) mass is 232 g/mol. The lowest BCUT2D eigenvalue weighted by atomic mass is 10.3. The molecule has 1 aromatic heterocycles. The number of hydrogen-bond donors (Lipinski definition) is 3. The zero-order valence-electron chi connectivity index (χ0n) is 8.96. The molecule has 5 nitrogen and oxygen atoms in total. The number of H-pyrrole nitrogens is 1. The van der Waals surface area contributed by atoms with E-state index in [4.69, 9.17) is 5.11 Å². The van der Waals surface area contributed by atoms with Crippen LogP contribution >= 0.6 is 0 Å². The number of carboxylic acids is 1. The van der Waals surface area contributed by atoms with E-state index >= 15 is 0 Å². The Labute approximate surface area is 97.6 Å². The molecule has 2 aromatic rings. The number of carbonyl (C=O) groups is 2. The van der Waals surface area contributed by atoms with Gasteiger partial charge in [0.1, 0.15) is 0 Å². The summed E-state index contributed by atoms with van der Waals surface area (Å²) in [5.41, 5.74) is 5.76. The van der Waals surface area contributed by atoms with Crippen molar-refractivity contribution in [3.8, 4) is 0 Å². The topological polar surface area (TPSA) is 96.2 Å². The number of para-hydroxylation sites is 1. The third-order valence-corrected chi connectivity index (χ3v) is 1.85. The molecule has 0 aliphatic heterocycles. The van der Waals surface area contributed by atoms with Crippen LogP contribution in [0.25, 0.3) is 10.9 Å². The summed E-state index contributed by atoms with van der Waals surface area (Å²) in [4.78, 5) is 22.5. The van der Waals surface area contributed by atoms with Gasteiger partial charge in [-0.15, -0.1) is 0 Å². The summed E-state index contributed by atoms with van der Waals surface area (Å²) in [6.07, 6.45) is 3.41. The zero-order chi connectivity index (χ0) is 12.7. The second-order valence-corrected chi connectivity index (χ2v) is 3.14. The fourth-order valence-corrected chi connectivity index (χ4v) is 1.15. The van der Waals surface area contributed by atoms with Crippen LogP contribution in [0, 0.1) is 0 Å². The van der Waals surface area contributed by atoms with Crippen LogP contribution in [0.4, 0.5) is 0 Å². The minimum atomic E-state index is -1.18. The first-order valence-corrected chi connectivity index (χ1v) is 4.82. The number of aromatic nitrogens is 1. The summed E-state index contributed by atoms with van der Waals surface area (Å²) in [5.74, 6) is -1.93. The summed E-state index contributed by atoms with van der Waals surface area (Å²) in [5, 5.41) is 9.14. The van der Waals surface area contributed by atoms with Gasteiger partial charge in [0.25, 0.3) is 0 Å². The number of amides is 1. The standard InChI is InChI=1S/C8H7N.C4H5NO3/c1-2-4-8-7(3-1)5-6-9-8;5-3(6)1-2-4(7)8/h1-6,9H;1-2H,(H2,5,6)(H,7,8)/b;2-1-. The van der Waals surface area contributed by atoms with Crippen molar-refractivity contribution in [2.24, 2.45) is 5.73 Å². The molecule has 88 valence electrons. The molecular weight excluding hydrogens is 220 g/mol. The van der Waals surface area contributed by atoms with E-state index in [0.29, 0.717) is 6.08 Å². The second kappa shape index (κ2) is 6.12. The minimum absolute atomic E-state index is 0.683. The van der Waals surface area contributed by atoms with Crippen LogP contribution in [-0.4, -0.2) is 22.0 Å². The SMILES string of the molecule is NC(=O)/C=C\C(=O)O.c1ccc2[nH]ccc2c1. The molecule has 1 amide bonds. The smallest absolute Gasteiger partial charge is 0.328 e. The molecule has 0 aliphatic carbocycles. The lowest BCUT2D eigenvalue weighted by Gasteiger charge is -1.83. The van der Waals surface area contributed by atoms with Gasteiger partial charge < -0.3 is 15.8 Å². The van der Waals surface area contributed by atoms with Gasteiger partial charge in [-0.2, -0.15) is 0 Å². The van der Waals surface area contributed by atoms with E-state index in [9.17, 15) is 9.59 Å². The van der Waals surface area contributed by atoms with Crippen LogP contribution < -0.4 is 5.73 Å². The quantitative estimate of drug-likeness (QED) is 0.680. The molecular formula is C12H12N2O3. The molecule has 5 heteroatoms. The molecule has 1 aromatic carbocycles. The Morgan fingerprint density at radius 2 is 1.88 bits per heavy atom. The molecule has 4 N–H and O–H groups in total. The number of primary amides is 1. The van der Waals surface area contributed by atoms with Gasteiger partial charge in [0.15, 0.2) is 0 Å². The lowest BCUT2D eigenvalue weighted by molar-refractivity contribution is -0.131. The van der Waals surface area contributed by atoms with E-state index in [-0.39, 0.29) is 0 Å². The fraction of sp³-hybridized carbons (Fsp3) is 0. The van der Waals surface area contributed by atoms with Gasteiger partial charge in [-0.3, -0.25) is 4.79 Å². The summed E-state index contributed by atoms with van der Waals surface area (Å²) < 4.78 is 0. The number of carboxylic acid groups (broad SMARTS) is 1. The Kier molecular flexibility index (Phi) is 4.50. The molecule has 0 unspecified atom stereocenters. The van der Waals surface area contributed by atoms with Crippen molar-refractivity contribution in [3.63, 3.8) is 0 Å². The number of fused-ring (bicyclic) bond motifs is 1. The van der Waals surface area contributed by atoms with Crippen LogP contribution in [0.1, 0.15) is 0 Å². The van der Waals surface area contributed by atoms with Crippen LogP contribution in [0.2, 0.25) is 0 Å². The van der Waals surface area contributed by atoms with Crippen molar-refractivity contribution >= 4 is 22.8 Å². The van der Waals surface area contributed by atoms with Crippen molar-refractivity contribution in [1.29, 1.82) is 0 Å². The Balaban J connectivity index is 0.000000172. The Morgan fingerprint density at radius 1 is 1.18 bits per heavy atom. The van der Waals surface area contributed by atoms with Crippen molar-refractivity contribution in [3.05, 3.63) is 48.7 Å². The molecule has 0 saturated carbocycles. The van der Waals surface area contributed by atoms with Crippen LogP contribution in [-0.2, 0) is 9.59 Å². The minimum Gasteiger partial charge on any atom is -0.478 e. The highest BCUT2D eigenvalue weighted by molar-refractivity contribution is 5.92. The van der Waals surface area contributed by atoms with Crippen LogP contribution in [0.5, 0.6) is 0 Å². The summed E-state index contributed by atoms with van der Waals surface area (Å²) in [6.45, 7) is 0. The Bertz CT molecular complexity index is 497.